The quantitative estimate of drug-likeness (QED) is 0.797. The second-order valence-corrected chi connectivity index (χ2v) is 4.14. The van der Waals surface area contributed by atoms with E-state index in [2.05, 4.69) is 5.32 Å². The molecule has 90 valence electrons. The van der Waals surface area contributed by atoms with Gasteiger partial charge in [-0.3, -0.25) is 0 Å². The molecule has 0 aromatic heterocycles. The van der Waals surface area contributed by atoms with Gasteiger partial charge in [-0.1, -0.05) is 12.1 Å². The second-order valence-electron chi connectivity index (χ2n) is 4.14. The molecule has 0 heterocycles. The average molecular weight is 227 g/mol. The summed E-state index contributed by atoms with van der Waals surface area (Å²) in [5, 5.41) is 12.9. The van der Waals surface area contributed by atoms with E-state index in [1.165, 1.54) is 7.11 Å². The van der Waals surface area contributed by atoms with Crippen LogP contribution >= 0.6 is 0 Å². The molecule has 0 radical (unpaired) electrons. The number of methoxy groups -OCH3 is 1. The summed E-state index contributed by atoms with van der Waals surface area (Å²) < 4.78 is 18.7. The van der Waals surface area contributed by atoms with E-state index >= 15 is 0 Å². The monoisotopic (exact) mass is 227 g/mol. The third kappa shape index (κ3) is 3.18. The third-order valence-electron chi connectivity index (χ3n) is 2.39. The van der Waals surface area contributed by atoms with E-state index in [1.54, 1.807) is 32.2 Å². The van der Waals surface area contributed by atoms with Gasteiger partial charge in [0.15, 0.2) is 11.6 Å². The molecule has 0 saturated heterocycles. The summed E-state index contributed by atoms with van der Waals surface area (Å²) in [6.45, 7) is 2.08. The number of halogens is 1. The Balaban J connectivity index is 2.89. The summed E-state index contributed by atoms with van der Waals surface area (Å²) in [5.74, 6) is -0.195. The minimum atomic E-state index is -0.970. The molecule has 3 nitrogen and oxygen atoms in total. The van der Waals surface area contributed by atoms with Crippen LogP contribution in [0.1, 0.15) is 12.5 Å². The van der Waals surface area contributed by atoms with E-state index in [0.717, 1.165) is 0 Å². The molecule has 0 saturated carbocycles. The Morgan fingerprint density at radius 1 is 1.50 bits per heavy atom. The van der Waals surface area contributed by atoms with Gasteiger partial charge in [-0.15, -0.1) is 0 Å². The minimum Gasteiger partial charge on any atom is -0.494 e. The lowest BCUT2D eigenvalue weighted by Gasteiger charge is -2.23. The van der Waals surface area contributed by atoms with Crippen LogP contribution in [0, 0.1) is 5.82 Å². The molecule has 0 aliphatic carbocycles. The van der Waals surface area contributed by atoms with Crippen LogP contribution in [0.3, 0.4) is 0 Å². The number of hydrogen-bond donors (Lipinski definition) is 2. The molecule has 2 N–H and O–H groups in total. The van der Waals surface area contributed by atoms with Gasteiger partial charge < -0.3 is 15.2 Å². The summed E-state index contributed by atoms with van der Waals surface area (Å²) in [5.41, 5.74) is -0.512. The maximum Gasteiger partial charge on any atom is 0.168 e. The van der Waals surface area contributed by atoms with E-state index in [9.17, 15) is 9.50 Å². The zero-order valence-electron chi connectivity index (χ0n) is 9.88. The first-order valence-corrected chi connectivity index (χ1v) is 5.18. The van der Waals surface area contributed by atoms with Gasteiger partial charge in [-0.2, -0.15) is 0 Å². The van der Waals surface area contributed by atoms with Gasteiger partial charge in [0.25, 0.3) is 0 Å². The number of ether oxygens (including phenoxy) is 1. The van der Waals surface area contributed by atoms with Crippen molar-refractivity contribution in [1.82, 2.24) is 5.32 Å². The summed E-state index contributed by atoms with van der Waals surface area (Å²) in [7, 11) is 3.17. The van der Waals surface area contributed by atoms with Crippen molar-refractivity contribution in [3.05, 3.63) is 29.6 Å². The highest BCUT2D eigenvalue weighted by Crippen LogP contribution is 2.23. The molecule has 0 spiro atoms. The van der Waals surface area contributed by atoms with Crippen molar-refractivity contribution in [3.63, 3.8) is 0 Å². The first-order valence-electron chi connectivity index (χ1n) is 5.18. The second kappa shape index (κ2) is 5.27. The maximum atomic E-state index is 13.8. The van der Waals surface area contributed by atoms with Crippen LogP contribution < -0.4 is 10.1 Å². The molecule has 4 heteroatoms. The molecule has 0 bridgehead atoms. The Hall–Kier alpha value is -1.13. The summed E-state index contributed by atoms with van der Waals surface area (Å²) in [6.07, 6.45) is 0.247. The van der Waals surface area contributed by atoms with Crippen LogP contribution in [0.25, 0.3) is 0 Å². The van der Waals surface area contributed by atoms with Crippen molar-refractivity contribution in [2.24, 2.45) is 0 Å². The van der Waals surface area contributed by atoms with E-state index in [-0.39, 0.29) is 12.2 Å². The largest absolute Gasteiger partial charge is 0.494 e. The first-order chi connectivity index (χ1) is 7.50. The Morgan fingerprint density at radius 2 is 2.19 bits per heavy atom. The van der Waals surface area contributed by atoms with Gasteiger partial charge in [0.05, 0.1) is 12.7 Å². The number of hydrogen-bond acceptors (Lipinski definition) is 3. The third-order valence-corrected chi connectivity index (χ3v) is 2.39. The molecule has 1 atom stereocenters. The molecular formula is C12H18FNO2. The summed E-state index contributed by atoms with van der Waals surface area (Å²) >= 11 is 0. The van der Waals surface area contributed by atoms with Crippen molar-refractivity contribution >= 4 is 0 Å². The topological polar surface area (TPSA) is 41.5 Å². The highest BCUT2D eigenvalue weighted by Gasteiger charge is 2.22. The zero-order valence-corrected chi connectivity index (χ0v) is 9.88. The molecule has 1 unspecified atom stereocenters. The molecule has 0 fully saturated rings. The summed E-state index contributed by atoms with van der Waals surface area (Å²) in [4.78, 5) is 0. The van der Waals surface area contributed by atoms with Gasteiger partial charge in [0.1, 0.15) is 0 Å². The molecule has 0 amide bonds. The number of likely N-dealkylation sites (N-methyl/N-ethyl adjacent to an activating group) is 1. The fraction of sp³-hybridized carbons (Fsp3) is 0.500. The van der Waals surface area contributed by atoms with Crippen molar-refractivity contribution in [3.8, 4) is 5.75 Å². The fourth-order valence-corrected chi connectivity index (χ4v) is 1.70. The van der Waals surface area contributed by atoms with Gasteiger partial charge in [0, 0.05) is 13.0 Å². The average Bonchev–Trinajstić information content (AvgIpc) is 2.21. The number of aliphatic hydroxyl groups is 1. The van der Waals surface area contributed by atoms with Crippen LogP contribution in [0.15, 0.2) is 18.2 Å². The summed E-state index contributed by atoms with van der Waals surface area (Å²) in [6, 6.07) is 4.93. The van der Waals surface area contributed by atoms with Crippen molar-refractivity contribution in [1.29, 1.82) is 0 Å². The van der Waals surface area contributed by atoms with Gasteiger partial charge in [0.2, 0.25) is 0 Å². The molecule has 1 aromatic carbocycles. The van der Waals surface area contributed by atoms with Crippen molar-refractivity contribution < 1.29 is 14.2 Å². The normalized spacial score (nSPS) is 14.6. The number of rotatable bonds is 5. The Morgan fingerprint density at radius 3 is 2.75 bits per heavy atom. The number of nitrogens with one attached hydrogen (secondary N) is 1. The Kier molecular flexibility index (Phi) is 4.26. The predicted molar refractivity (Wildman–Crippen MR) is 61.2 cm³/mol. The lowest BCUT2D eigenvalue weighted by Crippen LogP contribution is -2.38. The Bertz CT molecular complexity index is 353. The number of benzene rings is 1. The lowest BCUT2D eigenvalue weighted by atomic mass is 9.96. The van der Waals surface area contributed by atoms with Crippen molar-refractivity contribution in [2.45, 2.75) is 18.9 Å². The van der Waals surface area contributed by atoms with E-state index in [4.69, 9.17) is 4.74 Å². The van der Waals surface area contributed by atoms with E-state index in [0.29, 0.717) is 12.1 Å². The highest BCUT2D eigenvalue weighted by molar-refractivity contribution is 5.31. The molecule has 16 heavy (non-hydrogen) atoms. The molecule has 0 aliphatic heterocycles. The van der Waals surface area contributed by atoms with Gasteiger partial charge in [-0.05, 0) is 25.6 Å². The zero-order chi connectivity index (χ0) is 12.2. The SMILES string of the molecule is CNCC(C)(O)Cc1cccc(OC)c1F. The highest BCUT2D eigenvalue weighted by atomic mass is 19.1. The van der Waals surface area contributed by atoms with Gasteiger partial charge in [-0.25, -0.2) is 4.39 Å². The Labute approximate surface area is 95.2 Å². The fourth-order valence-electron chi connectivity index (χ4n) is 1.70. The van der Waals surface area contributed by atoms with Crippen LogP contribution in [-0.4, -0.2) is 31.4 Å². The minimum absolute atomic E-state index is 0.206. The maximum absolute atomic E-state index is 13.8. The molecule has 1 aromatic rings. The standard InChI is InChI=1S/C12H18FNO2/c1-12(15,8-14-2)7-9-5-4-6-10(16-3)11(9)13/h4-6,14-15H,7-8H2,1-3H3. The lowest BCUT2D eigenvalue weighted by molar-refractivity contribution is 0.0612. The van der Waals surface area contributed by atoms with E-state index < -0.39 is 11.4 Å². The van der Waals surface area contributed by atoms with Crippen LogP contribution in [0.5, 0.6) is 5.75 Å². The predicted octanol–water partition coefficient (Wildman–Crippen LogP) is 1.35. The molecule has 1 rings (SSSR count). The first kappa shape index (κ1) is 12.9. The van der Waals surface area contributed by atoms with Crippen LogP contribution in [0.2, 0.25) is 0 Å². The van der Waals surface area contributed by atoms with E-state index in [1.807, 2.05) is 0 Å². The van der Waals surface area contributed by atoms with Crippen LogP contribution in [-0.2, 0) is 6.42 Å². The van der Waals surface area contributed by atoms with Gasteiger partial charge >= 0.3 is 0 Å². The smallest absolute Gasteiger partial charge is 0.168 e. The molecular weight excluding hydrogens is 209 g/mol. The van der Waals surface area contributed by atoms with Crippen LogP contribution in [0.4, 0.5) is 4.39 Å². The van der Waals surface area contributed by atoms with Crippen molar-refractivity contribution in [2.75, 3.05) is 20.7 Å². The molecule has 0 aliphatic rings.